The van der Waals surface area contributed by atoms with Crippen LogP contribution in [0.25, 0.3) is 0 Å². The van der Waals surface area contributed by atoms with E-state index in [9.17, 15) is 9.18 Å². The van der Waals surface area contributed by atoms with Crippen molar-refractivity contribution in [1.82, 2.24) is 9.80 Å². The van der Waals surface area contributed by atoms with Gasteiger partial charge in [-0.3, -0.25) is 9.18 Å². The lowest BCUT2D eigenvalue weighted by Crippen LogP contribution is -2.42. The number of carbonyl (C=O) groups is 1. The number of nitrogens with zero attached hydrogens (tertiary/aromatic N) is 2. The van der Waals surface area contributed by atoms with Crippen LogP contribution in [-0.4, -0.2) is 61.2 Å². The first kappa shape index (κ1) is 18.2. The highest BCUT2D eigenvalue weighted by molar-refractivity contribution is 5.94. The first-order valence-corrected chi connectivity index (χ1v) is 9.60. The van der Waals surface area contributed by atoms with Gasteiger partial charge >= 0.3 is 0 Å². The third-order valence-electron chi connectivity index (χ3n) is 5.20. The van der Waals surface area contributed by atoms with Gasteiger partial charge in [-0.2, -0.15) is 0 Å². The Labute approximate surface area is 149 Å². The molecule has 3 rings (SSSR count). The van der Waals surface area contributed by atoms with Gasteiger partial charge in [-0.05, 0) is 75.9 Å². The van der Waals surface area contributed by atoms with Gasteiger partial charge in [0.25, 0.3) is 5.91 Å². The van der Waals surface area contributed by atoms with Crippen LogP contribution in [-0.2, 0) is 0 Å². The average Bonchev–Trinajstić information content (AvgIpc) is 3.31. The van der Waals surface area contributed by atoms with Crippen LogP contribution < -0.4 is 4.74 Å². The topological polar surface area (TPSA) is 32.8 Å². The van der Waals surface area contributed by atoms with Crippen molar-refractivity contribution in [3.8, 4) is 5.75 Å². The average molecular weight is 348 g/mol. The summed E-state index contributed by atoms with van der Waals surface area (Å²) in [4.78, 5) is 17.4. The molecule has 0 N–H and O–H groups in total. The molecular weight excluding hydrogens is 319 g/mol. The fourth-order valence-electron chi connectivity index (χ4n) is 3.80. The number of hydrogen-bond donors (Lipinski definition) is 0. The van der Waals surface area contributed by atoms with E-state index in [0.29, 0.717) is 25.5 Å². The van der Waals surface area contributed by atoms with Crippen molar-refractivity contribution in [2.45, 2.75) is 44.6 Å². The Morgan fingerprint density at radius 3 is 2.56 bits per heavy atom. The van der Waals surface area contributed by atoms with E-state index in [-0.39, 0.29) is 12.6 Å². The van der Waals surface area contributed by atoms with Crippen molar-refractivity contribution < 1.29 is 13.9 Å². The number of alkyl halides is 1. The standard InChI is InChI=1S/C20H29FN2O2/c21-11-1-4-15-25-19-9-7-17(8-10-19)20(24)23-14-5-6-18(23)16-22-12-2-3-13-22/h7-10,18H,1-6,11-16H2/t18-/m0/s1. The van der Waals surface area contributed by atoms with Gasteiger partial charge in [0.15, 0.2) is 0 Å². The summed E-state index contributed by atoms with van der Waals surface area (Å²) in [7, 11) is 0. The Bertz CT molecular complexity index is 543. The summed E-state index contributed by atoms with van der Waals surface area (Å²) in [5, 5.41) is 0. The van der Waals surface area contributed by atoms with Crippen LogP contribution in [0.1, 0.15) is 48.9 Å². The van der Waals surface area contributed by atoms with E-state index in [0.717, 1.165) is 37.2 Å². The van der Waals surface area contributed by atoms with Crippen LogP contribution in [0, 0.1) is 0 Å². The Morgan fingerprint density at radius 2 is 1.84 bits per heavy atom. The first-order chi connectivity index (χ1) is 12.3. The summed E-state index contributed by atoms with van der Waals surface area (Å²) in [5.74, 6) is 0.871. The van der Waals surface area contributed by atoms with Crippen LogP contribution >= 0.6 is 0 Å². The summed E-state index contributed by atoms with van der Waals surface area (Å²) in [6.07, 6.45) is 6.02. The van der Waals surface area contributed by atoms with Crippen molar-refractivity contribution in [2.24, 2.45) is 0 Å². The maximum absolute atomic E-state index is 12.9. The van der Waals surface area contributed by atoms with E-state index in [1.807, 2.05) is 24.3 Å². The van der Waals surface area contributed by atoms with Crippen LogP contribution in [0.2, 0.25) is 0 Å². The molecule has 0 radical (unpaired) electrons. The predicted molar refractivity (Wildman–Crippen MR) is 96.9 cm³/mol. The molecule has 1 atom stereocenters. The molecule has 0 bridgehead atoms. The highest BCUT2D eigenvalue weighted by atomic mass is 19.1. The lowest BCUT2D eigenvalue weighted by molar-refractivity contribution is 0.0708. The molecule has 2 fully saturated rings. The second-order valence-corrected chi connectivity index (χ2v) is 7.07. The highest BCUT2D eigenvalue weighted by Crippen LogP contribution is 2.23. The molecule has 0 aromatic heterocycles. The molecule has 0 aliphatic carbocycles. The molecule has 1 aromatic carbocycles. The molecule has 0 unspecified atom stereocenters. The van der Waals surface area contributed by atoms with Crippen LogP contribution in [0.15, 0.2) is 24.3 Å². The number of unbranched alkanes of at least 4 members (excludes halogenated alkanes) is 1. The van der Waals surface area contributed by atoms with Crippen molar-refractivity contribution >= 4 is 5.91 Å². The number of hydrogen-bond acceptors (Lipinski definition) is 3. The fourth-order valence-corrected chi connectivity index (χ4v) is 3.80. The highest BCUT2D eigenvalue weighted by Gasteiger charge is 2.31. The van der Waals surface area contributed by atoms with E-state index >= 15 is 0 Å². The minimum absolute atomic E-state index is 0.130. The van der Waals surface area contributed by atoms with E-state index in [1.54, 1.807) is 0 Å². The molecule has 25 heavy (non-hydrogen) atoms. The van der Waals surface area contributed by atoms with Gasteiger partial charge < -0.3 is 14.5 Å². The van der Waals surface area contributed by atoms with Gasteiger partial charge in [-0.1, -0.05) is 0 Å². The van der Waals surface area contributed by atoms with E-state index in [4.69, 9.17) is 4.74 Å². The molecule has 1 amide bonds. The zero-order chi connectivity index (χ0) is 17.5. The minimum atomic E-state index is -0.300. The summed E-state index contributed by atoms with van der Waals surface area (Å²) in [5.41, 5.74) is 0.726. The third-order valence-corrected chi connectivity index (χ3v) is 5.20. The Morgan fingerprint density at radius 1 is 1.08 bits per heavy atom. The maximum Gasteiger partial charge on any atom is 0.254 e. The smallest absolute Gasteiger partial charge is 0.254 e. The molecular formula is C20H29FN2O2. The fraction of sp³-hybridized carbons (Fsp3) is 0.650. The van der Waals surface area contributed by atoms with Crippen molar-refractivity contribution in [3.05, 3.63) is 29.8 Å². The largest absolute Gasteiger partial charge is 0.494 e. The molecule has 2 heterocycles. The molecule has 4 nitrogen and oxygen atoms in total. The number of amides is 1. The number of ether oxygens (including phenoxy) is 1. The quantitative estimate of drug-likeness (QED) is 0.674. The predicted octanol–water partition coefficient (Wildman–Crippen LogP) is 3.52. The molecule has 2 saturated heterocycles. The summed E-state index contributed by atoms with van der Waals surface area (Å²) < 4.78 is 17.6. The lowest BCUT2D eigenvalue weighted by atomic mass is 10.1. The van der Waals surface area contributed by atoms with Gasteiger partial charge in [0.2, 0.25) is 0 Å². The van der Waals surface area contributed by atoms with Gasteiger partial charge in [0.1, 0.15) is 5.75 Å². The molecule has 2 aliphatic rings. The number of benzene rings is 1. The zero-order valence-corrected chi connectivity index (χ0v) is 15.0. The number of rotatable bonds is 8. The summed E-state index contributed by atoms with van der Waals surface area (Å²) >= 11 is 0. The molecule has 1 aromatic rings. The van der Waals surface area contributed by atoms with Gasteiger partial charge in [0, 0.05) is 24.7 Å². The van der Waals surface area contributed by atoms with E-state index in [2.05, 4.69) is 9.80 Å². The van der Waals surface area contributed by atoms with Crippen molar-refractivity contribution in [2.75, 3.05) is 39.5 Å². The second-order valence-electron chi connectivity index (χ2n) is 7.07. The number of halogens is 1. The van der Waals surface area contributed by atoms with E-state index in [1.165, 1.54) is 25.9 Å². The third kappa shape index (κ3) is 4.94. The van der Waals surface area contributed by atoms with Crippen LogP contribution in [0.5, 0.6) is 5.75 Å². The monoisotopic (exact) mass is 348 g/mol. The number of carbonyl (C=O) groups excluding carboxylic acids is 1. The number of likely N-dealkylation sites (tertiary alicyclic amines) is 2. The summed E-state index contributed by atoms with van der Waals surface area (Å²) in [6.45, 7) is 4.44. The Hall–Kier alpha value is -1.62. The Kier molecular flexibility index (Phi) is 6.68. The maximum atomic E-state index is 12.9. The minimum Gasteiger partial charge on any atom is -0.494 e. The first-order valence-electron chi connectivity index (χ1n) is 9.60. The zero-order valence-electron chi connectivity index (χ0n) is 15.0. The molecule has 5 heteroatoms. The normalized spacial score (nSPS) is 21.0. The molecule has 0 saturated carbocycles. The van der Waals surface area contributed by atoms with Crippen LogP contribution in [0.4, 0.5) is 4.39 Å². The Balaban J connectivity index is 1.54. The lowest BCUT2D eigenvalue weighted by Gasteiger charge is -2.28. The van der Waals surface area contributed by atoms with Gasteiger partial charge in [-0.15, -0.1) is 0 Å². The van der Waals surface area contributed by atoms with Crippen LogP contribution in [0.3, 0.4) is 0 Å². The van der Waals surface area contributed by atoms with Gasteiger partial charge in [-0.25, -0.2) is 0 Å². The van der Waals surface area contributed by atoms with Gasteiger partial charge in [0.05, 0.1) is 13.3 Å². The summed E-state index contributed by atoms with van der Waals surface area (Å²) in [6, 6.07) is 7.72. The SMILES string of the molecule is O=C(c1ccc(OCCCCF)cc1)N1CCC[C@H]1CN1CCCC1. The molecule has 0 spiro atoms. The second kappa shape index (κ2) is 9.18. The van der Waals surface area contributed by atoms with Crippen molar-refractivity contribution in [3.63, 3.8) is 0 Å². The van der Waals surface area contributed by atoms with Crippen molar-refractivity contribution in [1.29, 1.82) is 0 Å². The molecule has 138 valence electrons. The molecule has 2 aliphatic heterocycles. The van der Waals surface area contributed by atoms with E-state index < -0.39 is 0 Å².